The van der Waals surface area contributed by atoms with Crippen molar-refractivity contribution in [3.63, 3.8) is 0 Å². The number of phenolic OH excluding ortho intramolecular Hbond substituents is 1. The first-order valence-electron chi connectivity index (χ1n) is 24.8. The van der Waals surface area contributed by atoms with Gasteiger partial charge in [-0.2, -0.15) is 0 Å². The lowest BCUT2D eigenvalue weighted by Gasteiger charge is -2.28. The van der Waals surface area contributed by atoms with Gasteiger partial charge in [0.05, 0.1) is 19.2 Å². The van der Waals surface area contributed by atoms with Crippen LogP contribution >= 0.6 is 0 Å². The summed E-state index contributed by atoms with van der Waals surface area (Å²) in [5.74, 6) is -10.2. The van der Waals surface area contributed by atoms with Gasteiger partial charge in [0, 0.05) is 36.4 Å². The van der Waals surface area contributed by atoms with Crippen molar-refractivity contribution in [2.24, 2.45) is 23.5 Å². The van der Waals surface area contributed by atoms with E-state index in [4.69, 9.17) is 5.73 Å². The minimum Gasteiger partial charge on any atom is -0.508 e. The van der Waals surface area contributed by atoms with Crippen molar-refractivity contribution in [1.29, 1.82) is 0 Å². The lowest BCUT2D eigenvalue weighted by atomic mass is 10.0. The Hall–Kier alpha value is -7.60. The van der Waals surface area contributed by atoms with Crippen LogP contribution in [-0.4, -0.2) is 146 Å². The molecule has 8 amide bonds. The zero-order valence-electron chi connectivity index (χ0n) is 43.4. The summed E-state index contributed by atoms with van der Waals surface area (Å²) in [5.41, 5.74) is 7.26. The van der Waals surface area contributed by atoms with Crippen LogP contribution in [0.15, 0.2) is 54.7 Å². The van der Waals surface area contributed by atoms with Crippen LogP contribution in [0.2, 0.25) is 0 Å². The van der Waals surface area contributed by atoms with Crippen LogP contribution in [0.25, 0.3) is 10.9 Å². The number of nitrogens with two attached hydrogens (primary N) is 1. The van der Waals surface area contributed by atoms with E-state index in [1.54, 1.807) is 72.0 Å². The van der Waals surface area contributed by atoms with E-state index >= 15 is 0 Å². The van der Waals surface area contributed by atoms with Gasteiger partial charge >= 0.3 is 11.9 Å². The normalized spacial score (nSPS) is 14.5. The van der Waals surface area contributed by atoms with Gasteiger partial charge in [-0.3, -0.25) is 43.2 Å². The zero-order chi connectivity index (χ0) is 56.1. The van der Waals surface area contributed by atoms with Crippen molar-refractivity contribution in [2.45, 2.75) is 142 Å². The number of aliphatic hydroxyl groups excluding tert-OH is 1. The van der Waals surface area contributed by atoms with E-state index in [9.17, 15) is 68.4 Å². The number of carboxylic acid groups (broad SMARTS) is 2. The number of hydrogen-bond donors (Lipinski definition) is 14. The average Bonchev–Trinajstić information content (AvgIpc) is 3.74. The van der Waals surface area contributed by atoms with Gasteiger partial charge < -0.3 is 73.7 Å². The van der Waals surface area contributed by atoms with Gasteiger partial charge in [-0.15, -0.1) is 0 Å². The number of H-pyrrole nitrogens is 1. The molecule has 3 aromatic rings. The molecule has 0 spiro atoms. The minimum absolute atomic E-state index is 0.0168. The molecular formula is C51H74N10O14. The molecule has 0 bridgehead atoms. The molecule has 24 heteroatoms. The number of hydrogen-bond acceptors (Lipinski definition) is 13. The summed E-state index contributed by atoms with van der Waals surface area (Å²) in [4.78, 5) is 135. The Labute approximate surface area is 434 Å². The number of aliphatic hydroxyl groups is 1. The predicted octanol–water partition coefficient (Wildman–Crippen LogP) is -0.404. The number of aromatic hydroxyl groups is 1. The molecule has 0 aliphatic heterocycles. The Balaban J connectivity index is 1.81. The maximum absolute atomic E-state index is 14.0. The quantitative estimate of drug-likeness (QED) is 0.0390. The van der Waals surface area contributed by atoms with Crippen molar-refractivity contribution in [3.8, 4) is 5.75 Å². The lowest BCUT2D eigenvalue weighted by Crippen LogP contribution is -2.61. The molecule has 3 rings (SSSR count). The van der Waals surface area contributed by atoms with Gasteiger partial charge in [-0.05, 0) is 79.7 Å². The molecule has 2 aromatic carbocycles. The second kappa shape index (κ2) is 29.9. The molecule has 8 atom stereocenters. The first kappa shape index (κ1) is 61.7. The molecule has 0 fully saturated rings. The highest BCUT2D eigenvalue weighted by Crippen LogP contribution is 2.20. The number of phenols is 1. The molecule has 412 valence electrons. The molecule has 1 aromatic heterocycles. The molecule has 0 saturated carbocycles. The number of carboxylic acids is 2. The highest BCUT2D eigenvalue weighted by atomic mass is 16.4. The number of rotatable bonds is 31. The summed E-state index contributed by atoms with van der Waals surface area (Å²) in [6.07, 6.45) is -1.10. The number of nitrogens with one attached hydrogen (secondary N) is 9. The Kier molecular flexibility index (Phi) is 24.6. The molecule has 0 unspecified atom stereocenters. The zero-order valence-corrected chi connectivity index (χ0v) is 43.4. The second-order valence-corrected chi connectivity index (χ2v) is 19.7. The van der Waals surface area contributed by atoms with E-state index in [1.807, 2.05) is 0 Å². The molecule has 0 radical (unpaired) electrons. The van der Waals surface area contributed by atoms with Crippen LogP contribution in [0.4, 0.5) is 0 Å². The topological polar surface area (TPSA) is 390 Å². The van der Waals surface area contributed by atoms with Gasteiger partial charge in [-0.1, -0.05) is 71.9 Å². The first-order chi connectivity index (χ1) is 35.3. The Morgan fingerprint density at radius 3 is 1.60 bits per heavy atom. The molecule has 24 nitrogen and oxygen atoms in total. The number of amides is 8. The minimum atomic E-state index is -1.71. The average molecular weight is 1050 g/mol. The molecule has 75 heavy (non-hydrogen) atoms. The molecule has 0 saturated heterocycles. The van der Waals surface area contributed by atoms with Crippen LogP contribution < -0.4 is 48.3 Å². The number of para-hydroxylation sites is 1. The van der Waals surface area contributed by atoms with Gasteiger partial charge in [0.15, 0.2) is 0 Å². The van der Waals surface area contributed by atoms with Crippen molar-refractivity contribution in [2.75, 3.05) is 13.1 Å². The second-order valence-electron chi connectivity index (χ2n) is 19.7. The third kappa shape index (κ3) is 21.0. The molecule has 0 aliphatic rings. The van der Waals surface area contributed by atoms with E-state index in [0.29, 0.717) is 11.1 Å². The fraction of sp³-hybridized carbons (Fsp3) is 0.529. The van der Waals surface area contributed by atoms with E-state index in [1.165, 1.54) is 31.2 Å². The van der Waals surface area contributed by atoms with Crippen molar-refractivity contribution < 1.29 is 68.4 Å². The standard InChI is InChI=1S/C51H74N10O14/c1-26(2)18-36(55-41(64)23-52)46(69)58-38(21-30-12-14-32(63)15-13-30)47(70)57-35(16-17-43(66)67)45(68)54-25-42(65)56-37(19-27(3)4)49(72)61-44(29(7)62)50(73)59-39(48(71)60-40(51(74)75)20-28(5)6)22-31-24-53-34-11-9-8-10-33(31)34/h8-15,24,26-29,35-40,44,53,62-63H,16-23,25,52H2,1-7H3,(H,54,68)(H,55,64)(H,56,65)(H,57,70)(H,58,69)(H,59,73)(H,60,71)(H,61,72)(H,66,67)(H,74,75)/t29-,35+,36+,37+,38+,39+,40+,44+/m1/s1. The lowest BCUT2D eigenvalue weighted by molar-refractivity contribution is -0.143. The summed E-state index contributed by atoms with van der Waals surface area (Å²) < 4.78 is 0. The summed E-state index contributed by atoms with van der Waals surface area (Å²) in [6, 6.07) is 2.95. The molecule has 1 heterocycles. The highest BCUT2D eigenvalue weighted by molar-refractivity contribution is 5.98. The molecule has 15 N–H and O–H groups in total. The largest absolute Gasteiger partial charge is 0.508 e. The number of carbonyl (C=O) groups excluding carboxylic acids is 8. The van der Waals surface area contributed by atoms with Gasteiger partial charge in [0.25, 0.3) is 0 Å². The van der Waals surface area contributed by atoms with Crippen LogP contribution in [0.1, 0.15) is 91.7 Å². The van der Waals surface area contributed by atoms with Crippen LogP contribution in [0.3, 0.4) is 0 Å². The Bertz CT molecular complexity index is 2460. The van der Waals surface area contributed by atoms with Crippen LogP contribution in [-0.2, 0) is 60.8 Å². The monoisotopic (exact) mass is 1050 g/mol. The fourth-order valence-electron chi connectivity index (χ4n) is 7.97. The number of benzene rings is 2. The number of fused-ring (bicyclic) bond motifs is 1. The summed E-state index contributed by atoms with van der Waals surface area (Å²) in [6.45, 7) is 10.6. The highest BCUT2D eigenvalue weighted by Gasteiger charge is 2.35. The number of aromatic nitrogens is 1. The van der Waals surface area contributed by atoms with E-state index in [-0.39, 0.29) is 55.6 Å². The van der Waals surface area contributed by atoms with Crippen molar-refractivity contribution >= 4 is 70.1 Å². The number of carbonyl (C=O) groups is 10. The molecule has 0 aliphatic carbocycles. The molecular weight excluding hydrogens is 977 g/mol. The van der Waals surface area contributed by atoms with Crippen molar-refractivity contribution in [1.82, 2.24) is 47.5 Å². The Morgan fingerprint density at radius 1 is 0.560 bits per heavy atom. The summed E-state index contributed by atoms with van der Waals surface area (Å²) >= 11 is 0. The van der Waals surface area contributed by atoms with Gasteiger partial charge in [0.2, 0.25) is 47.3 Å². The van der Waals surface area contributed by atoms with E-state index < -0.39 is 134 Å². The summed E-state index contributed by atoms with van der Waals surface area (Å²) in [7, 11) is 0. The Morgan fingerprint density at radius 2 is 1.05 bits per heavy atom. The maximum Gasteiger partial charge on any atom is 0.326 e. The smallest absolute Gasteiger partial charge is 0.326 e. The third-order valence-corrected chi connectivity index (χ3v) is 11.7. The SMILES string of the molecule is CC(C)C[C@H](NC(=O)[C@H](Cc1c[nH]c2ccccc12)NC(=O)[C@@H](NC(=O)[C@H](CC(C)C)NC(=O)CNC(=O)[C@H](CCC(=O)O)NC(=O)[C@H](Cc1ccc(O)cc1)NC(=O)[C@H](CC(C)C)NC(=O)CN)[C@@H](C)O)C(=O)O. The van der Waals surface area contributed by atoms with Crippen molar-refractivity contribution in [3.05, 3.63) is 65.9 Å². The van der Waals surface area contributed by atoms with Crippen LogP contribution in [0.5, 0.6) is 5.75 Å². The third-order valence-electron chi connectivity index (χ3n) is 11.7. The summed E-state index contributed by atoms with van der Waals surface area (Å²) in [5, 5.41) is 60.7. The van der Waals surface area contributed by atoms with Crippen LogP contribution in [0, 0.1) is 17.8 Å². The fourth-order valence-corrected chi connectivity index (χ4v) is 7.97. The first-order valence-corrected chi connectivity index (χ1v) is 24.8. The van der Waals surface area contributed by atoms with Gasteiger partial charge in [-0.25, -0.2) is 4.79 Å². The number of aromatic amines is 1. The van der Waals surface area contributed by atoms with E-state index in [2.05, 4.69) is 47.5 Å². The number of aliphatic carboxylic acids is 2. The van der Waals surface area contributed by atoms with Gasteiger partial charge in [0.1, 0.15) is 48.0 Å². The maximum atomic E-state index is 14.0. The predicted molar refractivity (Wildman–Crippen MR) is 274 cm³/mol. The van der Waals surface area contributed by atoms with E-state index in [0.717, 1.165) is 10.9 Å².